The lowest BCUT2D eigenvalue weighted by Gasteiger charge is -2.42. The molecule has 1 amide bonds. The van der Waals surface area contributed by atoms with Gasteiger partial charge >= 0.3 is 0 Å². The van der Waals surface area contributed by atoms with Crippen LogP contribution in [0.1, 0.15) is 12.8 Å². The molecule has 3 aliphatic heterocycles. The molecule has 3 heterocycles. The Kier molecular flexibility index (Phi) is 3.82. The maximum Gasteiger partial charge on any atom is 0.225 e. The van der Waals surface area contributed by atoms with E-state index in [1.807, 2.05) is 4.90 Å². The molecule has 0 aliphatic carbocycles. The van der Waals surface area contributed by atoms with Crippen molar-refractivity contribution in [2.75, 3.05) is 52.5 Å². The number of hydrogen-bond donors (Lipinski definition) is 1. The van der Waals surface area contributed by atoms with E-state index < -0.39 is 0 Å². The van der Waals surface area contributed by atoms with Gasteiger partial charge in [-0.1, -0.05) is 0 Å². The van der Waals surface area contributed by atoms with Gasteiger partial charge in [-0.05, 0) is 25.9 Å². The van der Waals surface area contributed by atoms with Gasteiger partial charge in [0.25, 0.3) is 0 Å². The molecule has 1 N–H and O–H groups in total. The van der Waals surface area contributed by atoms with Crippen molar-refractivity contribution in [2.24, 2.45) is 5.92 Å². The Hall–Kier alpha value is -0.650. The number of nitrogens with one attached hydrogen (secondary N) is 1. The van der Waals surface area contributed by atoms with E-state index in [4.69, 9.17) is 4.74 Å². The van der Waals surface area contributed by atoms with Crippen molar-refractivity contribution in [1.29, 1.82) is 0 Å². The summed E-state index contributed by atoms with van der Waals surface area (Å²) in [6.07, 6.45) is 2.07. The average Bonchev–Trinajstić information content (AvgIpc) is 2.38. The van der Waals surface area contributed by atoms with Crippen LogP contribution in [0.15, 0.2) is 0 Å². The minimum absolute atomic E-state index is 0.257. The largest absolute Gasteiger partial charge is 0.378 e. The lowest BCUT2D eigenvalue weighted by Crippen LogP contribution is -2.59. The fraction of sp³-hybridized carbons (Fsp3) is 0.923. The Labute approximate surface area is 108 Å². The predicted molar refractivity (Wildman–Crippen MR) is 68.4 cm³/mol. The molecule has 0 unspecified atom stereocenters. The number of carbonyl (C=O) groups is 1. The van der Waals surface area contributed by atoms with Gasteiger partial charge in [-0.2, -0.15) is 0 Å². The van der Waals surface area contributed by atoms with Crippen molar-refractivity contribution in [3.05, 3.63) is 0 Å². The van der Waals surface area contributed by atoms with Crippen LogP contribution in [0.2, 0.25) is 0 Å². The molecule has 0 saturated carbocycles. The molecule has 0 spiro atoms. The fourth-order valence-electron chi connectivity index (χ4n) is 3.09. The van der Waals surface area contributed by atoms with Gasteiger partial charge in [0.05, 0.1) is 13.2 Å². The Morgan fingerprint density at radius 2 is 1.72 bits per heavy atom. The first-order chi connectivity index (χ1) is 8.84. The maximum absolute atomic E-state index is 12.4. The summed E-state index contributed by atoms with van der Waals surface area (Å²) in [7, 11) is 0. The SMILES string of the molecule is O=C(C1CCN(C2CNC2)CC1)N1CCOCC1. The first-order valence-electron chi connectivity index (χ1n) is 7.16. The standard InChI is InChI=1S/C13H23N3O2/c17-13(16-5-7-18-8-6-16)11-1-3-15(4-2-11)12-9-14-10-12/h11-12,14H,1-10H2. The van der Waals surface area contributed by atoms with Gasteiger partial charge in [0.2, 0.25) is 5.91 Å². The Balaban J connectivity index is 1.47. The van der Waals surface area contributed by atoms with E-state index >= 15 is 0 Å². The molecule has 3 saturated heterocycles. The number of amides is 1. The van der Waals surface area contributed by atoms with E-state index in [0.29, 0.717) is 19.1 Å². The molecule has 0 aromatic carbocycles. The molecule has 3 fully saturated rings. The van der Waals surface area contributed by atoms with E-state index in [1.54, 1.807) is 0 Å². The molecule has 3 aliphatic rings. The topological polar surface area (TPSA) is 44.8 Å². The first-order valence-corrected chi connectivity index (χ1v) is 7.16. The van der Waals surface area contributed by atoms with Crippen molar-refractivity contribution in [3.63, 3.8) is 0 Å². The highest BCUT2D eigenvalue weighted by molar-refractivity contribution is 5.79. The zero-order chi connectivity index (χ0) is 12.4. The Morgan fingerprint density at radius 3 is 2.28 bits per heavy atom. The van der Waals surface area contributed by atoms with Gasteiger partial charge in [0, 0.05) is 38.1 Å². The minimum Gasteiger partial charge on any atom is -0.378 e. The van der Waals surface area contributed by atoms with Crippen molar-refractivity contribution < 1.29 is 9.53 Å². The van der Waals surface area contributed by atoms with Gasteiger partial charge in [0.1, 0.15) is 0 Å². The highest BCUT2D eigenvalue weighted by Gasteiger charge is 2.33. The first kappa shape index (κ1) is 12.4. The van der Waals surface area contributed by atoms with E-state index in [9.17, 15) is 4.79 Å². The fourth-order valence-corrected chi connectivity index (χ4v) is 3.09. The van der Waals surface area contributed by atoms with E-state index in [-0.39, 0.29) is 5.92 Å². The van der Waals surface area contributed by atoms with Crippen LogP contribution in [0.25, 0.3) is 0 Å². The molecule has 18 heavy (non-hydrogen) atoms. The molecule has 5 nitrogen and oxygen atoms in total. The molecular formula is C13H23N3O2. The van der Waals surface area contributed by atoms with Crippen molar-refractivity contribution in [1.82, 2.24) is 15.1 Å². The van der Waals surface area contributed by atoms with Crippen molar-refractivity contribution in [3.8, 4) is 0 Å². The van der Waals surface area contributed by atoms with Crippen molar-refractivity contribution >= 4 is 5.91 Å². The normalized spacial score (nSPS) is 28.1. The monoisotopic (exact) mass is 253 g/mol. The molecule has 0 aromatic rings. The molecule has 0 atom stereocenters. The maximum atomic E-state index is 12.4. The number of morpholine rings is 1. The summed E-state index contributed by atoms with van der Waals surface area (Å²) in [4.78, 5) is 16.9. The van der Waals surface area contributed by atoms with Crippen LogP contribution < -0.4 is 5.32 Å². The molecule has 0 aromatic heterocycles. The van der Waals surface area contributed by atoms with Gasteiger partial charge in [-0.15, -0.1) is 0 Å². The van der Waals surface area contributed by atoms with Crippen LogP contribution in [-0.4, -0.2) is 74.2 Å². The summed E-state index contributed by atoms with van der Waals surface area (Å²) >= 11 is 0. The summed E-state index contributed by atoms with van der Waals surface area (Å²) in [6.45, 7) is 7.41. The summed E-state index contributed by atoms with van der Waals surface area (Å²) < 4.78 is 5.30. The third-order valence-corrected chi connectivity index (χ3v) is 4.48. The smallest absolute Gasteiger partial charge is 0.225 e. The average molecular weight is 253 g/mol. The number of rotatable bonds is 2. The zero-order valence-electron chi connectivity index (χ0n) is 10.9. The molecular weight excluding hydrogens is 230 g/mol. The van der Waals surface area contributed by atoms with Crippen LogP contribution >= 0.6 is 0 Å². The molecule has 3 rings (SSSR count). The molecule has 0 radical (unpaired) electrons. The summed E-state index contributed by atoms with van der Waals surface area (Å²) in [5, 5.41) is 3.31. The summed E-state index contributed by atoms with van der Waals surface area (Å²) in [5.74, 6) is 0.622. The highest BCUT2D eigenvalue weighted by Crippen LogP contribution is 2.22. The second-order valence-electron chi connectivity index (χ2n) is 5.56. The number of ether oxygens (including phenoxy) is 1. The van der Waals surface area contributed by atoms with Crippen LogP contribution in [0.5, 0.6) is 0 Å². The number of nitrogens with zero attached hydrogens (tertiary/aromatic N) is 2. The molecule has 5 heteroatoms. The number of carbonyl (C=O) groups excluding carboxylic acids is 1. The Bertz CT molecular complexity index is 293. The van der Waals surface area contributed by atoms with Crippen molar-refractivity contribution in [2.45, 2.75) is 18.9 Å². The third kappa shape index (κ3) is 2.53. The van der Waals surface area contributed by atoms with Crippen LogP contribution in [0.3, 0.4) is 0 Å². The quantitative estimate of drug-likeness (QED) is 0.722. The lowest BCUT2D eigenvalue weighted by atomic mass is 9.93. The molecule has 102 valence electrons. The second kappa shape index (κ2) is 5.55. The number of hydrogen-bond acceptors (Lipinski definition) is 4. The minimum atomic E-state index is 0.257. The van der Waals surface area contributed by atoms with Gasteiger partial charge < -0.3 is 15.0 Å². The Morgan fingerprint density at radius 1 is 1.06 bits per heavy atom. The van der Waals surface area contributed by atoms with E-state index in [1.165, 1.54) is 0 Å². The predicted octanol–water partition coefficient (Wildman–Crippen LogP) is -0.471. The van der Waals surface area contributed by atoms with E-state index in [0.717, 1.165) is 58.2 Å². The number of piperidine rings is 1. The van der Waals surface area contributed by atoms with Gasteiger partial charge in [0.15, 0.2) is 0 Å². The van der Waals surface area contributed by atoms with Gasteiger partial charge in [-0.25, -0.2) is 0 Å². The van der Waals surface area contributed by atoms with Gasteiger partial charge in [-0.3, -0.25) is 9.69 Å². The highest BCUT2D eigenvalue weighted by atomic mass is 16.5. The molecule has 0 bridgehead atoms. The van der Waals surface area contributed by atoms with Crippen LogP contribution in [0.4, 0.5) is 0 Å². The summed E-state index contributed by atoms with van der Waals surface area (Å²) in [6, 6.07) is 0.726. The van der Waals surface area contributed by atoms with Crippen LogP contribution in [0, 0.1) is 5.92 Å². The third-order valence-electron chi connectivity index (χ3n) is 4.48. The lowest BCUT2D eigenvalue weighted by molar-refractivity contribution is -0.141. The zero-order valence-corrected chi connectivity index (χ0v) is 10.9. The number of likely N-dealkylation sites (tertiary alicyclic amines) is 1. The van der Waals surface area contributed by atoms with Crippen LogP contribution in [-0.2, 0) is 9.53 Å². The van der Waals surface area contributed by atoms with E-state index in [2.05, 4.69) is 10.2 Å². The second-order valence-corrected chi connectivity index (χ2v) is 5.56. The summed E-state index contributed by atoms with van der Waals surface area (Å²) in [5.41, 5.74) is 0.